The molecule has 0 bridgehead atoms. The molecule has 2 heterocycles. The van der Waals surface area contributed by atoms with Crippen molar-refractivity contribution in [2.75, 3.05) is 42.8 Å². The summed E-state index contributed by atoms with van der Waals surface area (Å²) in [6, 6.07) is 8.61. The smallest absolute Gasteiger partial charge is 0.328 e. The number of ether oxygens (including phenoxy) is 2. The van der Waals surface area contributed by atoms with Gasteiger partial charge in [-0.25, -0.2) is 9.59 Å². The Morgan fingerprint density at radius 1 is 0.903 bits per heavy atom. The maximum atomic E-state index is 12.9. The van der Waals surface area contributed by atoms with Crippen molar-refractivity contribution in [1.29, 1.82) is 0 Å². The molecule has 1 fully saturated rings. The zero-order valence-electron chi connectivity index (χ0n) is 18.2. The van der Waals surface area contributed by atoms with Gasteiger partial charge in [-0.15, -0.1) is 0 Å². The molecule has 0 aliphatic carbocycles. The largest absolute Gasteiger partial charge is 0.497 e. The second-order valence-electron chi connectivity index (χ2n) is 7.60. The number of aryl methyl sites for hydroxylation is 2. The maximum absolute atomic E-state index is 12.9. The molecule has 1 saturated heterocycles. The number of anilines is 3. The average Bonchev–Trinajstić information content (AvgIpc) is 3.37. The normalized spacial score (nSPS) is 13.5. The first-order chi connectivity index (χ1) is 14.9. The van der Waals surface area contributed by atoms with Crippen LogP contribution in [0.4, 0.5) is 21.9 Å². The number of hydrogen-bond donors (Lipinski definition) is 2. The number of urea groups is 1. The van der Waals surface area contributed by atoms with Gasteiger partial charge in [-0.1, -0.05) is 0 Å². The zero-order valence-corrected chi connectivity index (χ0v) is 18.2. The molecule has 9 nitrogen and oxygen atoms in total. The van der Waals surface area contributed by atoms with Gasteiger partial charge < -0.3 is 25.0 Å². The number of rotatable bonds is 5. The molecule has 2 aromatic carbocycles. The van der Waals surface area contributed by atoms with Crippen molar-refractivity contribution in [1.82, 2.24) is 9.13 Å². The summed E-state index contributed by atoms with van der Waals surface area (Å²) in [5.74, 6) is 1.13. The lowest BCUT2D eigenvalue weighted by Crippen LogP contribution is -2.24. The van der Waals surface area contributed by atoms with Crippen LogP contribution in [-0.2, 0) is 14.1 Å². The minimum Gasteiger partial charge on any atom is -0.497 e. The summed E-state index contributed by atoms with van der Waals surface area (Å²) in [5, 5.41) is 5.79. The Kier molecular flexibility index (Phi) is 5.50. The van der Waals surface area contributed by atoms with E-state index in [0.29, 0.717) is 22.9 Å². The number of carbonyl (C=O) groups excluding carboxylic acids is 1. The second kappa shape index (κ2) is 8.25. The summed E-state index contributed by atoms with van der Waals surface area (Å²) in [6.07, 6.45) is 2.19. The fraction of sp³-hybridized carbons (Fsp3) is 0.364. The summed E-state index contributed by atoms with van der Waals surface area (Å²) >= 11 is 0. The standard InChI is InChI=1S/C22H27N5O4/c1-25-18-12-15(17(27-9-5-6-10-27)13-19(18)26(2)22(25)29)23-21(28)24-16-11-14(30-3)7-8-20(16)31-4/h7-8,11-13H,5-6,9-10H2,1-4H3,(H2,23,24,28). The van der Waals surface area contributed by atoms with E-state index in [2.05, 4.69) is 15.5 Å². The van der Waals surface area contributed by atoms with Crippen LogP contribution >= 0.6 is 0 Å². The molecule has 2 N–H and O–H groups in total. The molecule has 0 spiro atoms. The van der Waals surface area contributed by atoms with Crippen LogP contribution in [0.1, 0.15) is 12.8 Å². The fourth-order valence-corrected chi connectivity index (χ4v) is 4.04. The van der Waals surface area contributed by atoms with E-state index < -0.39 is 6.03 Å². The maximum Gasteiger partial charge on any atom is 0.328 e. The van der Waals surface area contributed by atoms with Crippen LogP contribution in [0.15, 0.2) is 35.1 Å². The third-order valence-electron chi connectivity index (χ3n) is 5.74. The SMILES string of the molecule is COc1ccc(OC)c(NC(=O)Nc2cc3c(cc2N2CCCC2)n(C)c(=O)n3C)c1. The summed E-state index contributed by atoms with van der Waals surface area (Å²) in [5.41, 5.74) is 3.52. The second-order valence-corrected chi connectivity index (χ2v) is 7.60. The van der Waals surface area contributed by atoms with E-state index in [4.69, 9.17) is 9.47 Å². The van der Waals surface area contributed by atoms with E-state index >= 15 is 0 Å². The Labute approximate surface area is 180 Å². The van der Waals surface area contributed by atoms with Gasteiger partial charge >= 0.3 is 11.7 Å². The first kappa shape index (κ1) is 20.6. The number of imidazole rings is 1. The molecule has 9 heteroatoms. The highest BCUT2D eigenvalue weighted by molar-refractivity contribution is 6.04. The van der Waals surface area contributed by atoms with Crippen LogP contribution in [0, 0.1) is 0 Å². The van der Waals surface area contributed by atoms with Crippen molar-refractivity contribution in [2.45, 2.75) is 12.8 Å². The zero-order chi connectivity index (χ0) is 22.1. The van der Waals surface area contributed by atoms with Crippen LogP contribution in [0.25, 0.3) is 11.0 Å². The lowest BCUT2D eigenvalue weighted by molar-refractivity contribution is 0.262. The van der Waals surface area contributed by atoms with Crippen LogP contribution in [0.5, 0.6) is 11.5 Å². The van der Waals surface area contributed by atoms with Gasteiger partial charge in [0.15, 0.2) is 0 Å². The molecular weight excluding hydrogens is 398 g/mol. The minimum atomic E-state index is -0.410. The van der Waals surface area contributed by atoms with Crippen LogP contribution in [0.3, 0.4) is 0 Å². The van der Waals surface area contributed by atoms with Gasteiger partial charge in [0.25, 0.3) is 0 Å². The van der Waals surface area contributed by atoms with Crippen LogP contribution < -0.4 is 30.7 Å². The van der Waals surface area contributed by atoms with Crippen LogP contribution in [0.2, 0.25) is 0 Å². The minimum absolute atomic E-state index is 0.106. The van der Waals surface area contributed by atoms with Crippen molar-refractivity contribution in [3.8, 4) is 11.5 Å². The quantitative estimate of drug-likeness (QED) is 0.656. The fourth-order valence-electron chi connectivity index (χ4n) is 4.04. The average molecular weight is 425 g/mol. The number of amides is 2. The van der Waals surface area contributed by atoms with Crippen molar-refractivity contribution in [3.05, 3.63) is 40.8 Å². The highest BCUT2D eigenvalue weighted by Gasteiger charge is 2.21. The van der Waals surface area contributed by atoms with Gasteiger partial charge in [0, 0.05) is 33.3 Å². The third kappa shape index (κ3) is 3.78. The number of fused-ring (bicyclic) bond motifs is 1. The van der Waals surface area contributed by atoms with E-state index in [1.807, 2.05) is 12.1 Å². The van der Waals surface area contributed by atoms with E-state index in [-0.39, 0.29) is 5.69 Å². The highest BCUT2D eigenvalue weighted by Crippen LogP contribution is 2.34. The monoisotopic (exact) mass is 425 g/mol. The Morgan fingerprint density at radius 3 is 2.19 bits per heavy atom. The molecule has 0 unspecified atom stereocenters. The molecule has 2 amide bonds. The predicted molar refractivity (Wildman–Crippen MR) is 122 cm³/mol. The number of methoxy groups -OCH3 is 2. The lowest BCUT2D eigenvalue weighted by Gasteiger charge is -2.22. The molecule has 4 rings (SSSR count). The molecule has 1 aliphatic heterocycles. The van der Waals surface area contributed by atoms with Gasteiger partial charge in [0.1, 0.15) is 11.5 Å². The summed E-state index contributed by atoms with van der Waals surface area (Å²) < 4.78 is 13.8. The Morgan fingerprint density at radius 2 is 1.55 bits per heavy atom. The van der Waals surface area contributed by atoms with Gasteiger partial charge in [0.2, 0.25) is 0 Å². The number of hydrogen-bond acceptors (Lipinski definition) is 5. The molecule has 0 saturated carbocycles. The van der Waals surface area contributed by atoms with Crippen molar-refractivity contribution in [2.24, 2.45) is 14.1 Å². The molecule has 0 atom stereocenters. The first-order valence-electron chi connectivity index (χ1n) is 10.2. The van der Waals surface area contributed by atoms with Gasteiger partial charge in [-0.2, -0.15) is 0 Å². The van der Waals surface area contributed by atoms with E-state index in [0.717, 1.165) is 42.7 Å². The Bertz CT molecular complexity index is 1190. The summed E-state index contributed by atoms with van der Waals surface area (Å²) in [7, 11) is 6.59. The molecule has 31 heavy (non-hydrogen) atoms. The van der Waals surface area contributed by atoms with E-state index in [1.165, 1.54) is 0 Å². The Balaban J connectivity index is 1.70. The number of benzene rings is 2. The number of nitrogens with zero attached hydrogens (tertiary/aromatic N) is 3. The highest BCUT2D eigenvalue weighted by atomic mass is 16.5. The molecular formula is C22H27N5O4. The number of aromatic nitrogens is 2. The predicted octanol–water partition coefficient (Wildman–Crippen LogP) is 3.14. The summed E-state index contributed by atoms with van der Waals surface area (Å²) in [4.78, 5) is 27.5. The molecule has 1 aromatic heterocycles. The number of nitrogens with one attached hydrogen (secondary N) is 2. The van der Waals surface area contributed by atoms with Gasteiger partial charge in [-0.05, 0) is 37.1 Å². The number of carbonyl (C=O) groups is 1. The van der Waals surface area contributed by atoms with Gasteiger partial charge in [0.05, 0.1) is 42.3 Å². The van der Waals surface area contributed by atoms with Crippen molar-refractivity contribution >= 4 is 34.1 Å². The lowest BCUT2D eigenvalue weighted by atomic mass is 10.2. The summed E-state index contributed by atoms with van der Waals surface area (Å²) in [6.45, 7) is 1.82. The first-order valence-corrected chi connectivity index (χ1v) is 10.2. The van der Waals surface area contributed by atoms with Crippen molar-refractivity contribution < 1.29 is 14.3 Å². The molecule has 0 radical (unpaired) electrons. The van der Waals surface area contributed by atoms with Gasteiger partial charge in [-0.3, -0.25) is 9.13 Å². The molecule has 164 valence electrons. The molecule has 3 aromatic rings. The third-order valence-corrected chi connectivity index (χ3v) is 5.74. The topological polar surface area (TPSA) is 89.8 Å². The van der Waals surface area contributed by atoms with Crippen LogP contribution in [-0.4, -0.2) is 42.5 Å². The molecule has 1 aliphatic rings. The van der Waals surface area contributed by atoms with Crippen molar-refractivity contribution in [3.63, 3.8) is 0 Å². The van der Waals surface area contributed by atoms with E-state index in [1.54, 1.807) is 55.6 Å². The van der Waals surface area contributed by atoms with E-state index in [9.17, 15) is 9.59 Å². The Hall–Kier alpha value is -3.62.